The molecule has 0 radical (unpaired) electrons. The number of alkyl halides is 2. The van der Waals surface area contributed by atoms with E-state index in [4.69, 9.17) is 0 Å². The Morgan fingerprint density at radius 1 is 0.900 bits per heavy atom. The summed E-state index contributed by atoms with van der Waals surface area (Å²) in [6, 6.07) is -5.10. The quantitative estimate of drug-likeness (QED) is 0.226. The smallest absolute Gasteiger partial charge is 0.289 e. The molecular weight excluding hydrogens is 652 g/mol. The lowest BCUT2D eigenvalue weighted by atomic mass is 9.82. The van der Waals surface area contributed by atoms with Gasteiger partial charge in [-0.2, -0.15) is 0 Å². The average Bonchev–Trinajstić information content (AvgIpc) is 3.65. The molecule has 274 valence electrons. The van der Waals surface area contributed by atoms with Gasteiger partial charge in [0, 0.05) is 31.4 Å². The van der Waals surface area contributed by atoms with Crippen LogP contribution < -0.4 is 21.3 Å². The van der Waals surface area contributed by atoms with Crippen molar-refractivity contribution in [1.29, 1.82) is 0 Å². The molecule has 15 heteroatoms. The van der Waals surface area contributed by atoms with Crippen LogP contribution in [-0.4, -0.2) is 93.4 Å². The maximum atomic E-state index is 14.5. The Morgan fingerprint density at radius 2 is 1.62 bits per heavy atom. The number of fused-ring (bicyclic) bond motifs is 1. The number of aromatic nitrogens is 2. The third-order valence-corrected chi connectivity index (χ3v) is 10.5. The van der Waals surface area contributed by atoms with Crippen LogP contribution in [0.2, 0.25) is 0 Å². The number of carbonyl (C=O) groups excluding carboxylic acids is 6. The summed E-state index contributed by atoms with van der Waals surface area (Å²) in [5.41, 5.74) is -0.789. The van der Waals surface area contributed by atoms with E-state index in [0.29, 0.717) is 32.1 Å². The second-order valence-corrected chi connectivity index (χ2v) is 15.3. The van der Waals surface area contributed by atoms with Crippen molar-refractivity contribution in [2.45, 2.75) is 128 Å². The highest BCUT2D eigenvalue weighted by atomic mass is 19.3. The van der Waals surface area contributed by atoms with Crippen LogP contribution in [0.3, 0.4) is 0 Å². The van der Waals surface area contributed by atoms with Crippen molar-refractivity contribution < 1.29 is 37.5 Å². The average molecular weight is 702 g/mol. The molecule has 2 unspecified atom stereocenters. The van der Waals surface area contributed by atoms with Crippen molar-refractivity contribution in [3.63, 3.8) is 0 Å². The lowest BCUT2D eigenvalue weighted by Crippen LogP contribution is -2.62. The molecule has 5 amide bonds. The van der Waals surface area contributed by atoms with Crippen molar-refractivity contribution >= 4 is 35.3 Å². The van der Waals surface area contributed by atoms with E-state index in [1.807, 2.05) is 0 Å². The van der Waals surface area contributed by atoms with Gasteiger partial charge in [-0.3, -0.25) is 33.8 Å². The number of hydrogen-bond acceptors (Lipinski definition) is 8. The molecule has 2 heterocycles. The minimum atomic E-state index is -2.97. The molecule has 3 saturated carbocycles. The van der Waals surface area contributed by atoms with E-state index in [-0.39, 0.29) is 36.0 Å². The van der Waals surface area contributed by atoms with E-state index in [1.54, 1.807) is 20.8 Å². The molecule has 4 N–H and O–H groups in total. The summed E-state index contributed by atoms with van der Waals surface area (Å²) in [6.07, 6.45) is 7.90. The zero-order chi connectivity index (χ0) is 36.2. The highest BCUT2D eigenvalue weighted by Gasteiger charge is 2.52. The van der Waals surface area contributed by atoms with Gasteiger partial charge >= 0.3 is 0 Å². The molecule has 5 rings (SSSR count). The number of ketones is 1. The number of Topliss-reactive ketones (excluding diaryl/α,β-unsaturated/α-hetero) is 1. The Hall–Kier alpha value is -4.04. The molecule has 4 fully saturated rings. The van der Waals surface area contributed by atoms with Crippen molar-refractivity contribution in [2.75, 3.05) is 6.54 Å². The van der Waals surface area contributed by atoms with E-state index >= 15 is 0 Å². The first kappa shape index (κ1) is 37.2. The largest absolute Gasteiger partial charge is 0.347 e. The molecule has 1 saturated heterocycles. The molecule has 0 bridgehead atoms. The summed E-state index contributed by atoms with van der Waals surface area (Å²) >= 11 is 0. The fourth-order valence-electron chi connectivity index (χ4n) is 7.72. The van der Waals surface area contributed by atoms with Gasteiger partial charge in [-0.15, -0.1) is 0 Å². The molecule has 6 atom stereocenters. The molecule has 1 aliphatic heterocycles. The summed E-state index contributed by atoms with van der Waals surface area (Å²) in [6.45, 7) is 5.57. The van der Waals surface area contributed by atoms with Crippen molar-refractivity contribution in [1.82, 2.24) is 36.1 Å². The molecule has 13 nitrogen and oxygen atoms in total. The van der Waals surface area contributed by atoms with Gasteiger partial charge in [0.1, 0.15) is 29.9 Å². The van der Waals surface area contributed by atoms with Crippen LogP contribution in [0.15, 0.2) is 18.6 Å². The summed E-state index contributed by atoms with van der Waals surface area (Å²) in [5, 5.41) is 10.7. The van der Waals surface area contributed by atoms with E-state index in [9.17, 15) is 37.5 Å². The first-order valence-corrected chi connectivity index (χ1v) is 17.9. The number of hydrogen-bond donors (Lipinski definition) is 4. The van der Waals surface area contributed by atoms with Gasteiger partial charge in [-0.25, -0.2) is 13.8 Å². The Morgan fingerprint density at radius 3 is 2.24 bits per heavy atom. The third kappa shape index (κ3) is 9.00. The second kappa shape index (κ2) is 15.9. The van der Waals surface area contributed by atoms with E-state index in [2.05, 4.69) is 31.2 Å². The molecule has 0 spiro atoms. The van der Waals surface area contributed by atoms with Gasteiger partial charge in [-0.1, -0.05) is 46.5 Å². The first-order valence-electron chi connectivity index (χ1n) is 17.9. The van der Waals surface area contributed by atoms with Gasteiger partial charge in [0.15, 0.2) is 0 Å². The minimum absolute atomic E-state index is 0.0327. The monoisotopic (exact) mass is 701 g/mol. The van der Waals surface area contributed by atoms with E-state index in [1.165, 1.54) is 23.5 Å². The van der Waals surface area contributed by atoms with Crippen LogP contribution in [-0.2, 0) is 24.0 Å². The molecule has 1 aromatic heterocycles. The summed E-state index contributed by atoms with van der Waals surface area (Å²) in [7, 11) is 0. The Labute approximate surface area is 290 Å². The normalized spacial score (nSPS) is 24.1. The van der Waals surface area contributed by atoms with Crippen molar-refractivity contribution in [3.8, 4) is 0 Å². The number of halogens is 2. The topological polar surface area (TPSA) is 180 Å². The highest BCUT2D eigenvalue weighted by molar-refractivity contribution is 6.38. The summed E-state index contributed by atoms with van der Waals surface area (Å²) in [5.74, 6) is -5.06. The van der Waals surface area contributed by atoms with Crippen LogP contribution in [0.4, 0.5) is 8.78 Å². The maximum Gasteiger partial charge on any atom is 0.289 e. The number of likely N-dealkylation sites (tertiary alicyclic amines) is 1. The minimum Gasteiger partial charge on any atom is -0.347 e. The standard InChI is InChI=1S/C35H49F2N7O6/c1-35(2,3)29(43-31(47)26(19-8-5-4-6-9-19)42-30(46)24-17-38-14-15-39-24)34(50)44-18-20-10-7-11-22(20)27(44)32(48)41-23(16-25(36)37)28(45)33(49)40-21-12-13-21/h14-15,17,19-23,25-27,29H,4-13,16,18H2,1-3H3,(H,40,49)(H,41,48)(H,42,46)(H,43,47)/t20-,22-,23?,26+,27?,29+/m0/s1. The van der Waals surface area contributed by atoms with Crippen LogP contribution in [0.25, 0.3) is 0 Å². The number of rotatable bonds is 13. The first-order chi connectivity index (χ1) is 23.7. The molecule has 4 aliphatic rings. The van der Waals surface area contributed by atoms with E-state index < -0.39 is 77.7 Å². The molecular formula is C35H49F2N7O6. The number of nitrogens with one attached hydrogen (secondary N) is 4. The third-order valence-electron chi connectivity index (χ3n) is 10.5. The lowest BCUT2D eigenvalue weighted by molar-refractivity contribution is -0.146. The summed E-state index contributed by atoms with van der Waals surface area (Å²) in [4.78, 5) is 90.6. The fourth-order valence-corrected chi connectivity index (χ4v) is 7.72. The van der Waals surface area contributed by atoms with Gasteiger partial charge < -0.3 is 26.2 Å². The summed E-state index contributed by atoms with van der Waals surface area (Å²) < 4.78 is 27.2. The van der Waals surface area contributed by atoms with Gasteiger partial charge in [-0.05, 0) is 61.7 Å². The molecule has 1 aromatic rings. The zero-order valence-corrected chi connectivity index (χ0v) is 29.0. The van der Waals surface area contributed by atoms with Crippen molar-refractivity contribution in [3.05, 3.63) is 24.3 Å². The van der Waals surface area contributed by atoms with Crippen LogP contribution in [0.1, 0.15) is 102 Å². The van der Waals surface area contributed by atoms with Gasteiger partial charge in [0.2, 0.25) is 29.9 Å². The SMILES string of the molecule is CC(C)(C)[C@H](NC(=O)[C@H](NC(=O)c1cnccn1)C1CCCCC1)C(=O)N1C[C@@H]2CCC[C@@H]2C1C(=O)NC(CC(F)F)C(=O)C(=O)NC1CC1. The zero-order valence-electron chi connectivity index (χ0n) is 29.0. The van der Waals surface area contributed by atoms with Crippen LogP contribution in [0, 0.1) is 23.2 Å². The van der Waals surface area contributed by atoms with Gasteiger partial charge in [0.05, 0.1) is 6.20 Å². The molecule has 50 heavy (non-hydrogen) atoms. The lowest BCUT2D eigenvalue weighted by Gasteiger charge is -2.38. The Kier molecular flexibility index (Phi) is 11.8. The van der Waals surface area contributed by atoms with Crippen molar-refractivity contribution in [2.24, 2.45) is 23.2 Å². The predicted molar refractivity (Wildman–Crippen MR) is 176 cm³/mol. The molecule has 0 aromatic carbocycles. The number of nitrogens with zero attached hydrogens (tertiary/aromatic N) is 3. The number of carbonyl (C=O) groups is 6. The van der Waals surface area contributed by atoms with E-state index in [0.717, 1.165) is 32.1 Å². The van der Waals surface area contributed by atoms with Crippen LogP contribution >= 0.6 is 0 Å². The highest BCUT2D eigenvalue weighted by Crippen LogP contribution is 2.43. The van der Waals surface area contributed by atoms with Crippen LogP contribution in [0.5, 0.6) is 0 Å². The number of amides is 5. The Bertz CT molecular complexity index is 1430. The second-order valence-electron chi connectivity index (χ2n) is 15.3. The van der Waals surface area contributed by atoms with Gasteiger partial charge in [0.25, 0.3) is 11.8 Å². The fraction of sp³-hybridized carbons (Fsp3) is 0.714. The predicted octanol–water partition coefficient (Wildman–Crippen LogP) is 2.30. The molecule has 3 aliphatic carbocycles. The Balaban J connectivity index is 1.36. The maximum absolute atomic E-state index is 14.5.